The lowest BCUT2D eigenvalue weighted by molar-refractivity contribution is -0.137. The van der Waals surface area contributed by atoms with E-state index in [1.54, 1.807) is 0 Å². The molecule has 0 aliphatic carbocycles. The number of rotatable bonds is 4. The summed E-state index contributed by atoms with van der Waals surface area (Å²) in [5.74, 6) is -0.165. The third-order valence-corrected chi connectivity index (χ3v) is 6.24. The molecule has 25 heavy (non-hydrogen) atoms. The van der Waals surface area contributed by atoms with E-state index in [0.717, 1.165) is 24.3 Å². The van der Waals surface area contributed by atoms with E-state index in [1.807, 2.05) is 13.8 Å². The molecule has 1 aliphatic heterocycles. The highest BCUT2D eigenvalue weighted by atomic mass is 32.2. The number of nitrogens with one attached hydrogen (secondary N) is 1. The summed E-state index contributed by atoms with van der Waals surface area (Å²) in [4.78, 5) is 11.2. The topological polar surface area (TPSA) is 66.5 Å². The van der Waals surface area contributed by atoms with E-state index in [-0.39, 0.29) is 41.8 Å². The van der Waals surface area contributed by atoms with Crippen LogP contribution in [0.5, 0.6) is 0 Å². The van der Waals surface area contributed by atoms with Gasteiger partial charge in [0.05, 0.1) is 10.5 Å². The first kappa shape index (κ1) is 19.7. The molecule has 1 aromatic carbocycles. The van der Waals surface area contributed by atoms with Crippen LogP contribution >= 0.6 is 0 Å². The predicted molar refractivity (Wildman–Crippen MR) is 86.1 cm³/mol. The normalized spacial score (nSPS) is 22.4. The van der Waals surface area contributed by atoms with Crippen LogP contribution in [0.2, 0.25) is 0 Å². The SMILES string of the molecule is CC(=O)N[C@@H]1CN(S(=O)(=O)c2ccc(C(F)(F)F)cc2)C[C@H]1C(C)C. The van der Waals surface area contributed by atoms with Crippen LogP contribution in [-0.2, 0) is 21.0 Å². The Hall–Kier alpha value is -1.61. The first-order valence-corrected chi connectivity index (χ1v) is 9.31. The largest absolute Gasteiger partial charge is 0.416 e. The van der Waals surface area contributed by atoms with Gasteiger partial charge in [0.25, 0.3) is 0 Å². The van der Waals surface area contributed by atoms with Gasteiger partial charge in [-0.1, -0.05) is 13.8 Å². The summed E-state index contributed by atoms with van der Waals surface area (Å²) in [5, 5.41) is 2.76. The van der Waals surface area contributed by atoms with Gasteiger partial charge in [-0.3, -0.25) is 4.79 Å². The van der Waals surface area contributed by atoms with Gasteiger partial charge < -0.3 is 5.32 Å². The fraction of sp³-hybridized carbons (Fsp3) is 0.562. The van der Waals surface area contributed by atoms with Gasteiger partial charge in [0.15, 0.2) is 0 Å². The number of carbonyl (C=O) groups is 1. The standard InChI is InChI=1S/C16H21F3N2O3S/c1-10(2)14-8-21(9-15(14)20-11(3)22)25(23,24)13-6-4-12(5-7-13)16(17,18)19/h4-7,10,14-15H,8-9H2,1-3H3,(H,20,22)/t14-,15+/m0/s1. The molecule has 1 aromatic rings. The number of alkyl halides is 3. The Kier molecular flexibility index (Phi) is 5.48. The molecule has 1 heterocycles. The molecular formula is C16H21F3N2O3S. The molecule has 1 saturated heterocycles. The molecule has 0 aromatic heterocycles. The molecule has 0 unspecified atom stereocenters. The van der Waals surface area contributed by atoms with Gasteiger partial charge in [0.2, 0.25) is 15.9 Å². The lowest BCUT2D eigenvalue weighted by atomic mass is 9.91. The van der Waals surface area contributed by atoms with E-state index < -0.39 is 21.8 Å². The summed E-state index contributed by atoms with van der Waals surface area (Å²) in [6, 6.07) is 3.13. The third kappa shape index (κ3) is 4.33. The zero-order valence-electron chi connectivity index (χ0n) is 14.2. The summed E-state index contributed by atoms with van der Waals surface area (Å²) in [6.07, 6.45) is -4.52. The fourth-order valence-electron chi connectivity index (χ4n) is 3.04. The molecule has 2 atom stereocenters. The fourth-order valence-corrected chi connectivity index (χ4v) is 4.55. The van der Waals surface area contributed by atoms with Gasteiger partial charge in [0, 0.05) is 26.1 Å². The maximum Gasteiger partial charge on any atom is 0.416 e. The highest BCUT2D eigenvalue weighted by Gasteiger charge is 2.41. The van der Waals surface area contributed by atoms with Crippen LogP contribution < -0.4 is 5.32 Å². The molecule has 2 rings (SSSR count). The summed E-state index contributed by atoms with van der Waals surface area (Å²) < 4.78 is 64.6. The van der Waals surface area contributed by atoms with E-state index in [9.17, 15) is 26.4 Å². The zero-order valence-corrected chi connectivity index (χ0v) is 15.0. The average molecular weight is 378 g/mol. The summed E-state index contributed by atoms with van der Waals surface area (Å²) >= 11 is 0. The van der Waals surface area contributed by atoms with Gasteiger partial charge in [-0.15, -0.1) is 0 Å². The number of halogens is 3. The van der Waals surface area contributed by atoms with Crippen LogP contribution in [0.1, 0.15) is 26.3 Å². The molecule has 1 amide bonds. The molecule has 0 spiro atoms. The Labute approximate surface area is 145 Å². The minimum absolute atomic E-state index is 0.0619. The van der Waals surface area contributed by atoms with Crippen molar-refractivity contribution >= 4 is 15.9 Å². The Morgan fingerprint density at radius 3 is 2.20 bits per heavy atom. The highest BCUT2D eigenvalue weighted by Crippen LogP contribution is 2.32. The van der Waals surface area contributed by atoms with Crippen molar-refractivity contribution in [1.29, 1.82) is 0 Å². The second-order valence-corrected chi connectivity index (χ2v) is 8.50. The lowest BCUT2D eigenvalue weighted by Gasteiger charge is -2.21. The molecule has 140 valence electrons. The van der Waals surface area contributed by atoms with E-state index >= 15 is 0 Å². The van der Waals surface area contributed by atoms with Crippen molar-refractivity contribution in [3.05, 3.63) is 29.8 Å². The molecule has 1 aliphatic rings. The van der Waals surface area contributed by atoms with Crippen LogP contribution in [0.25, 0.3) is 0 Å². The number of benzene rings is 1. The highest BCUT2D eigenvalue weighted by molar-refractivity contribution is 7.89. The number of carbonyl (C=O) groups excluding carboxylic acids is 1. The van der Waals surface area contributed by atoms with Crippen LogP contribution in [-0.4, -0.2) is 37.8 Å². The number of hydrogen-bond donors (Lipinski definition) is 1. The van der Waals surface area contributed by atoms with Crippen molar-refractivity contribution in [2.75, 3.05) is 13.1 Å². The Morgan fingerprint density at radius 1 is 1.20 bits per heavy atom. The molecular weight excluding hydrogens is 357 g/mol. The monoisotopic (exact) mass is 378 g/mol. The maximum absolute atomic E-state index is 12.7. The molecule has 1 fully saturated rings. The smallest absolute Gasteiger partial charge is 0.352 e. The third-order valence-electron chi connectivity index (χ3n) is 4.40. The summed E-state index contributed by atoms with van der Waals surface area (Å²) in [7, 11) is -3.92. The van der Waals surface area contributed by atoms with Crippen molar-refractivity contribution in [3.8, 4) is 0 Å². The second-order valence-electron chi connectivity index (χ2n) is 6.56. The lowest BCUT2D eigenvalue weighted by Crippen LogP contribution is -2.41. The van der Waals surface area contributed by atoms with Gasteiger partial charge in [-0.25, -0.2) is 8.42 Å². The van der Waals surface area contributed by atoms with Crippen molar-refractivity contribution in [3.63, 3.8) is 0 Å². The van der Waals surface area contributed by atoms with E-state index in [1.165, 1.54) is 11.2 Å². The second kappa shape index (κ2) is 6.95. The molecule has 9 heteroatoms. The van der Waals surface area contributed by atoms with Crippen LogP contribution in [0.4, 0.5) is 13.2 Å². The zero-order chi connectivity index (χ0) is 19.0. The first-order valence-electron chi connectivity index (χ1n) is 7.87. The summed E-state index contributed by atoms with van der Waals surface area (Å²) in [5.41, 5.74) is -0.899. The van der Waals surface area contributed by atoms with E-state index in [0.29, 0.717) is 0 Å². The van der Waals surface area contributed by atoms with E-state index in [4.69, 9.17) is 0 Å². The number of hydrogen-bond acceptors (Lipinski definition) is 3. The molecule has 1 N–H and O–H groups in total. The van der Waals surface area contributed by atoms with Crippen molar-refractivity contribution in [2.24, 2.45) is 11.8 Å². The Bertz CT molecular complexity index is 730. The number of sulfonamides is 1. The average Bonchev–Trinajstić information content (AvgIpc) is 2.90. The van der Waals surface area contributed by atoms with Crippen molar-refractivity contribution in [1.82, 2.24) is 9.62 Å². The number of nitrogens with zero attached hydrogens (tertiary/aromatic N) is 1. The van der Waals surface area contributed by atoms with Gasteiger partial charge >= 0.3 is 6.18 Å². The first-order chi connectivity index (χ1) is 11.4. The molecule has 0 bridgehead atoms. The predicted octanol–water partition coefficient (Wildman–Crippen LogP) is 2.49. The van der Waals surface area contributed by atoms with Crippen LogP contribution in [0.3, 0.4) is 0 Å². The summed E-state index contributed by atoms with van der Waals surface area (Å²) in [6.45, 7) is 5.56. The number of amides is 1. The molecule has 0 saturated carbocycles. The van der Waals surface area contributed by atoms with E-state index in [2.05, 4.69) is 5.32 Å². The Balaban J connectivity index is 2.26. The van der Waals surface area contributed by atoms with Gasteiger partial charge in [-0.2, -0.15) is 17.5 Å². The molecule has 0 radical (unpaired) electrons. The van der Waals surface area contributed by atoms with Crippen molar-refractivity contribution < 1.29 is 26.4 Å². The maximum atomic E-state index is 12.7. The minimum Gasteiger partial charge on any atom is -0.352 e. The Morgan fingerprint density at radius 2 is 1.76 bits per heavy atom. The minimum atomic E-state index is -4.52. The van der Waals surface area contributed by atoms with Crippen molar-refractivity contribution in [2.45, 2.75) is 37.9 Å². The van der Waals surface area contributed by atoms with Crippen LogP contribution in [0.15, 0.2) is 29.2 Å². The van der Waals surface area contributed by atoms with Gasteiger partial charge in [-0.05, 0) is 36.1 Å². The van der Waals surface area contributed by atoms with Crippen LogP contribution in [0, 0.1) is 11.8 Å². The van der Waals surface area contributed by atoms with Gasteiger partial charge in [0.1, 0.15) is 0 Å². The molecule has 5 nitrogen and oxygen atoms in total. The quantitative estimate of drug-likeness (QED) is 0.875.